The van der Waals surface area contributed by atoms with Gasteiger partial charge in [0.05, 0.1) is 0 Å². The van der Waals surface area contributed by atoms with Gasteiger partial charge in [-0.2, -0.15) is 0 Å². The van der Waals surface area contributed by atoms with Crippen LogP contribution in [0.5, 0.6) is 0 Å². The molecule has 0 saturated heterocycles. The number of carbonyl (C=O) groups is 1. The average Bonchev–Trinajstić information content (AvgIpc) is 2.30. The van der Waals surface area contributed by atoms with E-state index in [0.29, 0.717) is 6.54 Å². The highest BCUT2D eigenvalue weighted by Gasteiger charge is 2.41. The van der Waals surface area contributed by atoms with Gasteiger partial charge < -0.3 is 20.2 Å². The van der Waals surface area contributed by atoms with E-state index in [1.54, 1.807) is 6.92 Å². The third kappa shape index (κ3) is 3.93. The van der Waals surface area contributed by atoms with Crippen LogP contribution in [0.15, 0.2) is 0 Å². The molecular formula is C15H31N3O2. The fourth-order valence-corrected chi connectivity index (χ4v) is 3.03. The maximum atomic E-state index is 11.5. The standard InChI is InChI=1S/C15H31N3O2/c1-6-10-16-14(2,13(19)20)11-18(5)12-15(17(3)4)8-7-9-15/h16H,6-12H2,1-5H3,(H,19,20). The predicted octanol–water partition coefficient (Wildman–Crippen LogP) is 1.25. The van der Waals surface area contributed by atoms with Crippen molar-refractivity contribution in [2.45, 2.75) is 50.6 Å². The first-order valence-electron chi connectivity index (χ1n) is 7.60. The van der Waals surface area contributed by atoms with Crippen molar-refractivity contribution in [2.24, 2.45) is 0 Å². The second kappa shape index (κ2) is 6.87. The van der Waals surface area contributed by atoms with Crippen LogP contribution >= 0.6 is 0 Å². The van der Waals surface area contributed by atoms with Gasteiger partial charge in [-0.25, -0.2) is 0 Å². The van der Waals surface area contributed by atoms with Crippen LogP contribution in [0.4, 0.5) is 0 Å². The third-order valence-corrected chi connectivity index (χ3v) is 4.62. The normalized spacial score (nSPS) is 20.8. The molecule has 0 bridgehead atoms. The topological polar surface area (TPSA) is 55.8 Å². The Morgan fingerprint density at radius 2 is 1.95 bits per heavy atom. The van der Waals surface area contributed by atoms with Crippen molar-refractivity contribution in [3.63, 3.8) is 0 Å². The Bertz CT molecular complexity index is 329. The maximum absolute atomic E-state index is 11.5. The summed E-state index contributed by atoms with van der Waals surface area (Å²) in [6, 6.07) is 0. The summed E-state index contributed by atoms with van der Waals surface area (Å²) in [7, 11) is 6.27. The molecule has 2 N–H and O–H groups in total. The highest BCUT2D eigenvalue weighted by Crippen LogP contribution is 2.36. The summed E-state index contributed by atoms with van der Waals surface area (Å²) in [5.74, 6) is -0.773. The second-order valence-corrected chi connectivity index (χ2v) is 6.71. The number of likely N-dealkylation sites (N-methyl/N-ethyl adjacent to an activating group) is 2. The Morgan fingerprint density at radius 1 is 1.35 bits per heavy atom. The van der Waals surface area contributed by atoms with Gasteiger partial charge in [0.1, 0.15) is 5.54 Å². The summed E-state index contributed by atoms with van der Waals surface area (Å²) in [5, 5.41) is 12.7. The number of nitrogens with zero attached hydrogens (tertiary/aromatic N) is 2. The van der Waals surface area contributed by atoms with Gasteiger partial charge in [0.15, 0.2) is 0 Å². The van der Waals surface area contributed by atoms with Crippen LogP contribution in [0, 0.1) is 0 Å². The van der Waals surface area contributed by atoms with E-state index < -0.39 is 11.5 Å². The van der Waals surface area contributed by atoms with Crippen LogP contribution in [0.1, 0.15) is 39.5 Å². The first-order chi connectivity index (χ1) is 9.26. The summed E-state index contributed by atoms with van der Waals surface area (Å²) in [5.41, 5.74) is -0.638. The Morgan fingerprint density at radius 3 is 2.30 bits per heavy atom. The molecule has 5 nitrogen and oxygen atoms in total. The molecule has 1 saturated carbocycles. The minimum absolute atomic E-state index is 0.235. The number of rotatable bonds is 9. The van der Waals surface area contributed by atoms with Gasteiger partial charge in [-0.05, 0) is 60.3 Å². The Balaban J connectivity index is 2.62. The molecule has 1 unspecified atom stereocenters. The number of carboxylic acid groups (broad SMARTS) is 1. The molecule has 0 radical (unpaired) electrons. The molecule has 0 heterocycles. The quantitative estimate of drug-likeness (QED) is 0.668. The van der Waals surface area contributed by atoms with E-state index in [9.17, 15) is 9.90 Å². The number of nitrogens with one attached hydrogen (secondary N) is 1. The van der Waals surface area contributed by atoms with E-state index in [2.05, 4.69) is 29.2 Å². The average molecular weight is 285 g/mol. The molecule has 1 aliphatic carbocycles. The molecule has 0 amide bonds. The summed E-state index contributed by atoms with van der Waals surface area (Å²) in [6.45, 7) is 6.02. The SMILES string of the molecule is CCCNC(C)(CN(C)CC1(N(C)C)CCC1)C(=O)O. The smallest absolute Gasteiger partial charge is 0.324 e. The lowest BCUT2D eigenvalue weighted by atomic mass is 9.75. The van der Waals surface area contributed by atoms with Crippen molar-refractivity contribution < 1.29 is 9.90 Å². The first kappa shape index (κ1) is 17.4. The third-order valence-electron chi connectivity index (χ3n) is 4.62. The number of hydrogen-bond donors (Lipinski definition) is 2. The zero-order chi connectivity index (χ0) is 15.4. The monoisotopic (exact) mass is 285 g/mol. The lowest BCUT2D eigenvalue weighted by Crippen LogP contribution is -2.61. The molecule has 0 aromatic carbocycles. The molecule has 1 rings (SSSR count). The molecule has 1 atom stereocenters. The van der Waals surface area contributed by atoms with Crippen molar-refractivity contribution >= 4 is 5.97 Å². The number of carboxylic acids is 1. The highest BCUT2D eigenvalue weighted by atomic mass is 16.4. The molecule has 0 aliphatic heterocycles. The summed E-state index contributed by atoms with van der Waals surface area (Å²) >= 11 is 0. The Labute approximate surface area is 123 Å². The molecule has 118 valence electrons. The zero-order valence-corrected chi connectivity index (χ0v) is 13.7. The van der Waals surface area contributed by atoms with Gasteiger partial charge in [0, 0.05) is 18.6 Å². The number of aliphatic carboxylic acids is 1. The maximum Gasteiger partial charge on any atom is 0.324 e. The molecule has 0 aromatic heterocycles. The summed E-state index contributed by atoms with van der Waals surface area (Å²) < 4.78 is 0. The Kier molecular flexibility index (Phi) is 5.98. The molecule has 0 spiro atoms. The largest absolute Gasteiger partial charge is 0.480 e. The summed E-state index contributed by atoms with van der Waals surface area (Å²) in [6.07, 6.45) is 4.62. The van der Waals surface area contributed by atoms with E-state index in [0.717, 1.165) is 19.5 Å². The van der Waals surface area contributed by atoms with Crippen molar-refractivity contribution in [2.75, 3.05) is 40.8 Å². The van der Waals surface area contributed by atoms with Crippen LogP contribution in [0.2, 0.25) is 0 Å². The van der Waals surface area contributed by atoms with Crippen LogP contribution in [-0.2, 0) is 4.79 Å². The van der Waals surface area contributed by atoms with Gasteiger partial charge in [0.2, 0.25) is 0 Å². The lowest BCUT2D eigenvalue weighted by molar-refractivity contribution is -0.145. The minimum Gasteiger partial charge on any atom is -0.480 e. The Hall–Kier alpha value is -0.650. The van der Waals surface area contributed by atoms with E-state index >= 15 is 0 Å². The van der Waals surface area contributed by atoms with Crippen LogP contribution in [-0.4, -0.2) is 72.7 Å². The zero-order valence-electron chi connectivity index (χ0n) is 13.7. The molecule has 1 fully saturated rings. The van der Waals surface area contributed by atoms with Crippen molar-refractivity contribution in [3.05, 3.63) is 0 Å². The van der Waals surface area contributed by atoms with E-state index in [-0.39, 0.29) is 5.54 Å². The van der Waals surface area contributed by atoms with Crippen molar-refractivity contribution in [1.82, 2.24) is 15.1 Å². The van der Waals surface area contributed by atoms with Gasteiger partial charge >= 0.3 is 5.97 Å². The summed E-state index contributed by atoms with van der Waals surface area (Å²) in [4.78, 5) is 16.0. The van der Waals surface area contributed by atoms with Gasteiger partial charge in [-0.3, -0.25) is 4.79 Å². The minimum atomic E-state index is -0.873. The first-order valence-corrected chi connectivity index (χ1v) is 7.60. The fraction of sp³-hybridized carbons (Fsp3) is 0.933. The second-order valence-electron chi connectivity index (χ2n) is 6.71. The lowest BCUT2D eigenvalue weighted by Gasteiger charge is -2.50. The molecule has 20 heavy (non-hydrogen) atoms. The molecule has 1 aliphatic rings. The van der Waals surface area contributed by atoms with Crippen molar-refractivity contribution in [1.29, 1.82) is 0 Å². The van der Waals surface area contributed by atoms with Crippen LogP contribution < -0.4 is 5.32 Å². The molecule has 0 aromatic rings. The van der Waals surface area contributed by atoms with E-state index in [1.165, 1.54) is 19.3 Å². The number of hydrogen-bond acceptors (Lipinski definition) is 4. The van der Waals surface area contributed by atoms with E-state index in [1.807, 2.05) is 14.0 Å². The van der Waals surface area contributed by atoms with Gasteiger partial charge in [-0.1, -0.05) is 6.92 Å². The van der Waals surface area contributed by atoms with Gasteiger partial charge in [0.25, 0.3) is 0 Å². The van der Waals surface area contributed by atoms with E-state index in [4.69, 9.17) is 0 Å². The highest BCUT2D eigenvalue weighted by molar-refractivity contribution is 5.78. The van der Waals surface area contributed by atoms with Crippen molar-refractivity contribution in [3.8, 4) is 0 Å². The van der Waals surface area contributed by atoms with Gasteiger partial charge in [-0.15, -0.1) is 0 Å². The fourth-order valence-electron chi connectivity index (χ4n) is 3.03. The molecule has 5 heteroatoms. The predicted molar refractivity (Wildman–Crippen MR) is 82.1 cm³/mol. The van der Waals surface area contributed by atoms with Crippen LogP contribution in [0.25, 0.3) is 0 Å². The molecular weight excluding hydrogens is 254 g/mol. The van der Waals surface area contributed by atoms with Crippen LogP contribution in [0.3, 0.4) is 0 Å².